The van der Waals surface area contributed by atoms with Crippen LogP contribution >= 0.6 is 0 Å². The third-order valence-corrected chi connectivity index (χ3v) is 5.12. The SMILES string of the molecule is CC(C)(CC(C)(C)C(F)(F)F)N(CC(C)(C)C(F)(F)F)c1ccc(CO)cc1. The van der Waals surface area contributed by atoms with Crippen molar-refractivity contribution in [1.29, 1.82) is 0 Å². The fourth-order valence-corrected chi connectivity index (χ4v) is 3.20. The zero-order valence-electron chi connectivity index (χ0n) is 17.1. The van der Waals surface area contributed by atoms with Crippen LogP contribution < -0.4 is 4.90 Å². The van der Waals surface area contributed by atoms with Crippen LogP contribution in [0.4, 0.5) is 32.0 Å². The number of alkyl halides is 6. The third kappa shape index (κ3) is 5.55. The van der Waals surface area contributed by atoms with Crippen molar-refractivity contribution in [3.8, 4) is 0 Å². The molecule has 2 nitrogen and oxygen atoms in total. The van der Waals surface area contributed by atoms with Crippen molar-refractivity contribution in [3.63, 3.8) is 0 Å². The van der Waals surface area contributed by atoms with Crippen molar-refractivity contribution in [2.75, 3.05) is 11.4 Å². The van der Waals surface area contributed by atoms with E-state index in [9.17, 15) is 31.4 Å². The summed E-state index contributed by atoms with van der Waals surface area (Å²) in [5.41, 5.74) is -4.50. The number of aliphatic hydroxyl groups excluding tert-OH is 1. The van der Waals surface area contributed by atoms with E-state index in [1.165, 1.54) is 30.9 Å². The Morgan fingerprint density at radius 3 is 1.54 bits per heavy atom. The monoisotopic (exact) mass is 413 g/mol. The third-order valence-electron chi connectivity index (χ3n) is 5.12. The van der Waals surface area contributed by atoms with Gasteiger partial charge < -0.3 is 10.0 Å². The molecule has 0 aliphatic carbocycles. The number of nitrogens with zero attached hydrogens (tertiary/aromatic N) is 1. The molecule has 1 aromatic rings. The predicted octanol–water partition coefficient (Wildman–Crippen LogP) is 6.33. The van der Waals surface area contributed by atoms with Gasteiger partial charge in [-0.15, -0.1) is 0 Å². The van der Waals surface area contributed by atoms with Gasteiger partial charge in [0.25, 0.3) is 0 Å². The van der Waals surface area contributed by atoms with E-state index in [0.29, 0.717) is 11.3 Å². The van der Waals surface area contributed by atoms with Gasteiger partial charge in [0.2, 0.25) is 0 Å². The van der Waals surface area contributed by atoms with E-state index in [4.69, 9.17) is 0 Å². The van der Waals surface area contributed by atoms with Crippen molar-refractivity contribution in [3.05, 3.63) is 29.8 Å². The Balaban J connectivity index is 3.40. The summed E-state index contributed by atoms with van der Waals surface area (Å²) in [5, 5.41) is 9.18. The normalized spacial score (nSPS) is 14.3. The molecule has 0 atom stereocenters. The lowest BCUT2D eigenvalue weighted by Crippen LogP contribution is -2.55. The molecule has 0 saturated carbocycles. The summed E-state index contributed by atoms with van der Waals surface area (Å²) < 4.78 is 80.8. The molecule has 0 fully saturated rings. The summed E-state index contributed by atoms with van der Waals surface area (Å²) in [6.45, 7) is 6.47. The molecule has 1 aromatic carbocycles. The largest absolute Gasteiger partial charge is 0.395 e. The lowest BCUT2D eigenvalue weighted by atomic mass is 9.77. The highest BCUT2D eigenvalue weighted by molar-refractivity contribution is 5.50. The highest BCUT2D eigenvalue weighted by atomic mass is 19.4. The molecule has 0 spiro atoms. The summed E-state index contributed by atoms with van der Waals surface area (Å²) in [5.74, 6) is 0. The first kappa shape index (κ1) is 24.6. The van der Waals surface area contributed by atoms with Crippen LogP contribution in [0.3, 0.4) is 0 Å². The smallest absolute Gasteiger partial charge is 0.392 e. The average Bonchev–Trinajstić information content (AvgIpc) is 2.49. The zero-order chi connectivity index (χ0) is 22.2. The van der Waals surface area contributed by atoms with Crippen LogP contribution in [0.15, 0.2) is 24.3 Å². The second kappa shape index (κ2) is 7.76. The standard InChI is InChI=1S/C20H29F6NO/c1-16(2,19(21,22)23)12-18(5,6)27(13-17(3,4)20(24,25)26)15-9-7-14(11-28)8-10-15/h7-10,28H,11-13H2,1-6H3. The van der Waals surface area contributed by atoms with E-state index in [1.807, 2.05) is 0 Å². The maximum absolute atomic E-state index is 13.5. The summed E-state index contributed by atoms with van der Waals surface area (Å²) in [7, 11) is 0. The molecule has 0 bridgehead atoms. The molecule has 28 heavy (non-hydrogen) atoms. The Kier molecular flexibility index (Phi) is 6.82. The van der Waals surface area contributed by atoms with E-state index in [0.717, 1.165) is 27.7 Å². The van der Waals surface area contributed by atoms with E-state index in [1.54, 1.807) is 12.1 Å². The van der Waals surface area contributed by atoms with Gasteiger partial charge in [0.1, 0.15) is 0 Å². The molecule has 8 heteroatoms. The fourth-order valence-electron chi connectivity index (χ4n) is 3.20. The average molecular weight is 413 g/mol. The number of benzene rings is 1. The summed E-state index contributed by atoms with van der Waals surface area (Å²) in [4.78, 5) is 1.38. The maximum atomic E-state index is 13.5. The predicted molar refractivity (Wildman–Crippen MR) is 98.1 cm³/mol. The Morgan fingerprint density at radius 1 is 0.750 bits per heavy atom. The zero-order valence-corrected chi connectivity index (χ0v) is 17.1. The van der Waals surface area contributed by atoms with Crippen molar-refractivity contribution in [1.82, 2.24) is 0 Å². The van der Waals surface area contributed by atoms with Crippen molar-refractivity contribution in [2.24, 2.45) is 10.8 Å². The quantitative estimate of drug-likeness (QED) is 0.528. The van der Waals surface area contributed by atoms with Crippen LogP contribution in [0.2, 0.25) is 0 Å². The molecule has 162 valence electrons. The molecule has 0 unspecified atom stereocenters. The van der Waals surface area contributed by atoms with Gasteiger partial charge in [-0.1, -0.05) is 26.0 Å². The van der Waals surface area contributed by atoms with E-state index in [2.05, 4.69) is 0 Å². The second-order valence-corrected chi connectivity index (χ2v) is 9.16. The Bertz CT molecular complexity index is 644. The summed E-state index contributed by atoms with van der Waals surface area (Å²) >= 11 is 0. The van der Waals surface area contributed by atoms with E-state index in [-0.39, 0.29) is 13.0 Å². The number of rotatable bonds is 7. The number of hydrogen-bond donors (Lipinski definition) is 1. The number of hydrogen-bond acceptors (Lipinski definition) is 2. The van der Waals surface area contributed by atoms with Gasteiger partial charge in [0, 0.05) is 17.8 Å². The maximum Gasteiger partial charge on any atom is 0.395 e. The van der Waals surface area contributed by atoms with Crippen molar-refractivity contribution >= 4 is 5.69 Å². The second-order valence-electron chi connectivity index (χ2n) is 9.16. The van der Waals surface area contributed by atoms with Crippen LogP contribution in [0, 0.1) is 10.8 Å². The van der Waals surface area contributed by atoms with E-state index >= 15 is 0 Å². The molecule has 0 heterocycles. The lowest BCUT2D eigenvalue weighted by Gasteiger charge is -2.48. The topological polar surface area (TPSA) is 23.5 Å². The minimum Gasteiger partial charge on any atom is -0.392 e. The van der Waals surface area contributed by atoms with Crippen LogP contribution in [0.25, 0.3) is 0 Å². The van der Waals surface area contributed by atoms with Gasteiger partial charge in [-0.2, -0.15) is 26.3 Å². The van der Waals surface area contributed by atoms with Gasteiger partial charge in [0.05, 0.1) is 17.4 Å². The molecule has 0 saturated heterocycles. The minimum absolute atomic E-state index is 0.237. The van der Waals surface area contributed by atoms with Gasteiger partial charge in [-0.25, -0.2) is 0 Å². The first-order chi connectivity index (χ1) is 12.3. The van der Waals surface area contributed by atoms with Crippen molar-refractivity contribution in [2.45, 2.75) is 72.5 Å². The van der Waals surface area contributed by atoms with Crippen LogP contribution in [-0.2, 0) is 6.61 Å². The molecule has 0 aliphatic rings. The Morgan fingerprint density at radius 2 is 1.18 bits per heavy atom. The Labute approximate surface area is 162 Å². The molecular formula is C20H29F6NO. The van der Waals surface area contributed by atoms with Gasteiger partial charge in [0.15, 0.2) is 0 Å². The summed E-state index contributed by atoms with van der Waals surface area (Å²) in [6, 6.07) is 6.16. The molecular weight excluding hydrogens is 384 g/mol. The van der Waals surface area contributed by atoms with Crippen molar-refractivity contribution < 1.29 is 31.4 Å². The van der Waals surface area contributed by atoms with Gasteiger partial charge >= 0.3 is 12.4 Å². The van der Waals surface area contributed by atoms with Gasteiger partial charge in [-0.3, -0.25) is 0 Å². The lowest BCUT2D eigenvalue weighted by molar-refractivity contribution is -0.219. The molecule has 0 radical (unpaired) electrons. The highest BCUT2D eigenvalue weighted by Gasteiger charge is 2.53. The molecule has 0 amide bonds. The molecule has 0 aliphatic heterocycles. The highest BCUT2D eigenvalue weighted by Crippen LogP contribution is 2.47. The molecule has 0 aromatic heterocycles. The first-order valence-corrected chi connectivity index (χ1v) is 8.95. The van der Waals surface area contributed by atoms with Crippen LogP contribution in [-0.4, -0.2) is 29.5 Å². The Hall–Kier alpha value is -1.44. The summed E-state index contributed by atoms with van der Waals surface area (Å²) in [6.07, 6.45) is -9.40. The fraction of sp³-hybridized carbons (Fsp3) is 0.700. The number of halogens is 6. The first-order valence-electron chi connectivity index (χ1n) is 8.95. The van der Waals surface area contributed by atoms with Crippen LogP contribution in [0.5, 0.6) is 0 Å². The minimum atomic E-state index is -4.52. The number of anilines is 1. The van der Waals surface area contributed by atoms with E-state index < -0.39 is 35.3 Å². The number of aliphatic hydroxyl groups is 1. The van der Waals surface area contributed by atoms with Crippen LogP contribution in [0.1, 0.15) is 53.5 Å². The molecule has 1 N–H and O–H groups in total. The van der Waals surface area contributed by atoms with Gasteiger partial charge in [-0.05, 0) is 51.8 Å². The molecule has 1 rings (SSSR count).